The van der Waals surface area contributed by atoms with Gasteiger partial charge >= 0.3 is 0 Å². The van der Waals surface area contributed by atoms with Gasteiger partial charge in [0.2, 0.25) is 0 Å². The number of anilines is 3. The number of nitrogens with one attached hydrogen (secondary N) is 1. The SMILES string of the molecule is C=C(/C=C\C=C/C)c1ccccc1Nc1ccc(-c2ccc(N)cc2)cc1. The second-order valence-corrected chi connectivity index (χ2v) is 6.28. The maximum absolute atomic E-state index is 5.77. The molecule has 134 valence electrons. The Hall–Kier alpha value is -3.52. The van der Waals surface area contributed by atoms with Crippen molar-refractivity contribution in [3.63, 3.8) is 0 Å². The molecular formula is C25H24N2. The van der Waals surface area contributed by atoms with Crippen molar-refractivity contribution in [2.45, 2.75) is 6.92 Å². The first-order chi connectivity index (χ1) is 13.2. The average Bonchev–Trinajstić information content (AvgIpc) is 2.70. The molecule has 0 saturated heterocycles. The number of benzene rings is 3. The number of para-hydroxylation sites is 1. The quantitative estimate of drug-likeness (QED) is 0.377. The van der Waals surface area contributed by atoms with Crippen LogP contribution in [0.25, 0.3) is 16.7 Å². The van der Waals surface area contributed by atoms with Crippen LogP contribution in [-0.4, -0.2) is 0 Å². The Balaban J connectivity index is 1.79. The third-order valence-corrected chi connectivity index (χ3v) is 4.28. The van der Waals surface area contributed by atoms with Gasteiger partial charge in [-0.15, -0.1) is 0 Å². The average molecular weight is 352 g/mol. The minimum Gasteiger partial charge on any atom is -0.399 e. The molecule has 0 unspecified atom stereocenters. The van der Waals surface area contributed by atoms with E-state index in [0.717, 1.165) is 39.3 Å². The van der Waals surface area contributed by atoms with Gasteiger partial charge in [0, 0.05) is 22.6 Å². The number of allylic oxidation sites excluding steroid dienone is 5. The third-order valence-electron chi connectivity index (χ3n) is 4.28. The van der Waals surface area contributed by atoms with Gasteiger partial charge in [0.05, 0.1) is 0 Å². The van der Waals surface area contributed by atoms with E-state index in [1.54, 1.807) is 0 Å². The maximum atomic E-state index is 5.77. The van der Waals surface area contributed by atoms with E-state index in [-0.39, 0.29) is 0 Å². The molecular weight excluding hydrogens is 328 g/mol. The van der Waals surface area contributed by atoms with Gasteiger partial charge in [-0.1, -0.05) is 73.3 Å². The fourth-order valence-corrected chi connectivity index (χ4v) is 2.82. The van der Waals surface area contributed by atoms with Gasteiger partial charge in [0.1, 0.15) is 0 Å². The van der Waals surface area contributed by atoms with Crippen LogP contribution in [0.5, 0.6) is 0 Å². The summed E-state index contributed by atoms with van der Waals surface area (Å²) in [5, 5.41) is 3.50. The standard InChI is InChI=1S/C25H24N2/c1-3-4-5-8-19(2)24-9-6-7-10-25(24)27-23-17-13-21(14-18-23)20-11-15-22(26)16-12-20/h3-18,27H,2,26H2,1H3/b4-3-,8-5-. The fraction of sp³-hybridized carbons (Fsp3) is 0.0400. The van der Waals surface area contributed by atoms with Crippen molar-refractivity contribution < 1.29 is 0 Å². The molecule has 0 aliphatic rings. The van der Waals surface area contributed by atoms with E-state index in [1.807, 2.05) is 67.6 Å². The van der Waals surface area contributed by atoms with Crippen molar-refractivity contribution in [1.29, 1.82) is 0 Å². The molecule has 0 heterocycles. The normalized spacial score (nSPS) is 11.1. The highest BCUT2D eigenvalue weighted by Gasteiger charge is 2.04. The van der Waals surface area contributed by atoms with Gasteiger partial charge < -0.3 is 11.1 Å². The molecule has 0 spiro atoms. The molecule has 0 aliphatic heterocycles. The van der Waals surface area contributed by atoms with Gasteiger partial charge in [-0.05, 0) is 54.0 Å². The van der Waals surface area contributed by atoms with Gasteiger partial charge in [-0.2, -0.15) is 0 Å². The summed E-state index contributed by atoms with van der Waals surface area (Å²) in [4.78, 5) is 0. The van der Waals surface area contributed by atoms with Crippen LogP contribution < -0.4 is 11.1 Å². The molecule has 0 aromatic heterocycles. The fourth-order valence-electron chi connectivity index (χ4n) is 2.82. The Morgan fingerprint density at radius 1 is 0.852 bits per heavy atom. The zero-order valence-electron chi connectivity index (χ0n) is 15.5. The molecule has 0 fully saturated rings. The summed E-state index contributed by atoms with van der Waals surface area (Å²) in [7, 11) is 0. The van der Waals surface area contributed by atoms with Crippen LogP contribution in [0.15, 0.2) is 104 Å². The van der Waals surface area contributed by atoms with Crippen LogP contribution in [0.2, 0.25) is 0 Å². The molecule has 0 amide bonds. The Morgan fingerprint density at radius 3 is 2.15 bits per heavy atom. The molecule has 3 aromatic carbocycles. The molecule has 2 heteroatoms. The van der Waals surface area contributed by atoms with E-state index in [1.165, 1.54) is 0 Å². The summed E-state index contributed by atoms with van der Waals surface area (Å²) in [5.74, 6) is 0. The van der Waals surface area contributed by atoms with Crippen molar-refractivity contribution in [3.8, 4) is 11.1 Å². The molecule has 0 atom stereocenters. The van der Waals surface area contributed by atoms with Crippen molar-refractivity contribution in [2.24, 2.45) is 0 Å². The highest BCUT2D eigenvalue weighted by atomic mass is 14.9. The molecule has 0 bridgehead atoms. The molecule has 0 saturated carbocycles. The summed E-state index contributed by atoms with van der Waals surface area (Å²) in [6.45, 7) is 6.19. The lowest BCUT2D eigenvalue weighted by molar-refractivity contribution is 1.51. The zero-order chi connectivity index (χ0) is 19.1. The topological polar surface area (TPSA) is 38.0 Å². The summed E-state index contributed by atoms with van der Waals surface area (Å²) >= 11 is 0. The van der Waals surface area contributed by atoms with E-state index < -0.39 is 0 Å². The van der Waals surface area contributed by atoms with Crippen LogP contribution in [0.3, 0.4) is 0 Å². The van der Waals surface area contributed by atoms with Gasteiger partial charge in [-0.3, -0.25) is 0 Å². The van der Waals surface area contributed by atoms with E-state index in [4.69, 9.17) is 5.73 Å². The monoisotopic (exact) mass is 352 g/mol. The van der Waals surface area contributed by atoms with E-state index >= 15 is 0 Å². The number of nitrogens with two attached hydrogens (primary N) is 1. The smallest absolute Gasteiger partial charge is 0.0463 e. The minimum absolute atomic E-state index is 0.775. The summed E-state index contributed by atoms with van der Waals surface area (Å²) in [5.41, 5.74) is 13.0. The first kappa shape index (κ1) is 18.3. The lowest BCUT2D eigenvalue weighted by Crippen LogP contribution is -1.94. The number of rotatable bonds is 6. The predicted molar refractivity (Wildman–Crippen MR) is 119 cm³/mol. The minimum atomic E-state index is 0.775. The van der Waals surface area contributed by atoms with Crippen molar-refractivity contribution >= 4 is 22.6 Å². The maximum Gasteiger partial charge on any atom is 0.0463 e. The van der Waals surface area contributed by atoms with Crippen molar-refractivity contribution in [3.05, 3.63) is 109 Å². The van der Waals surface area contributed by atoms with Crippen molar-refractivity contribution in [2.75, 3.05) is 11.1 Å². The van der Waals surface area contributed by atoms with Crippen LogP contribution in [0.4, 0.5) is 17.1 Å². The van der Waals surface area contributed by atoms with Crippen LogP contribution in [0.1, 0.15) is 12.5 Å². The lowest BCUT2D eigenvalue weighted by atomic mass is 10.0. The highest BCUT2D eigenvalue weighted by Crippen LogP contribution is 2.28. The summed E-state index contributed by atoms with van der Waals surface area (Å²) in [6, 6.07) is 24.5. The largest absolute Gasteiger partial charge is 0.399 e. The Morgan fingerprint density at radius 2 is 1.48 bits per heavy atom. The first-order valence-corrected chi connectivity index (χ1v) is 8.98. The highest BCUT2D eigenvalue weighted by molar-refractivity contribution is 5.83. The predicted octanol–water partition coefficient (Wildman–Crippen LogP) is 6.82. The second-order valence-electron chi connectivity index (χ2n) is 6.28. The Bertz CT molecular complexity index is 962. The molecule has 3 rings (SSSR count). The molecule has 3 N–H and O–H groups in total. The van der Waals surface area contributed by atoms with E-state index in [0.29, 0.717) is 0 Å². The van der Waals surface area contributed by atoms with Gasteiger partial charge in [0.15, 0.2) is 0 Å². The number of nitrogen functional groups attached to an aromatic ring is 1. The molecule has 0 aliphatic carbocycles. The second kappa shape index (κ2) is 8.72. The number of hydrogen-bond donors (Lipinski definition) is 2. The van der Waals surface area contributed by atoms with Crippen LogP contribution in [0, 0.1) is 0 Å². The van der Waals surface area contributed by atoms with Crippen molar-refractivity contribution in [1.82, 2.24) is 0 Å². The Kier molecular flexibility index (Phi) is 5.91. The summed E-state index contributed by atoms with van der Waals surface area (Å²) in [6.07, 6.45) is 8.01. The molecule has 2 nitrogen and oxygen atoms in total. The summed E-state index contributed by atoms with van der Waals surface area (Å²) < 4.78 is 0. The Labute approximate surface area is 161 Å². The third kappa shape index (κ3) is 4.77. The van der Waals surface area contributed by atoms with E-state index in [9.17, 15) is 0 Å². The van der Waals surface area contributed by atoms with E-state index in [2.05, 4.69) is 48.3 Å². The zero-order valence-corrected chi connectivity index (χ0v) is 15.5. The lowest BCUT2D eigenvalue weighted by Gasteiger charge is -2.13. The number of hydrogen-bond acceptors (Lipinski definition) is 2. The molecule has 0 radical (unpaired) electrons. The molecule has 27 heavy (non-hydrogen) atoms. The van der Waals surface area contributed by atoms with Gasteiger partial charge in [0.25, 0.3) is 0 Å². The van der Waals surface area contributed by atoms with Gasteiger partial charge in [-0.25, -0.2) is 0 Å². The van der Waals surface area contributed by atoms with Crippen LogP contribution in [-0.2, 0) is 0 Å². The van der Waals surface area contributed by atoms with Crippen LogP contribution >= 0.6 is 0 Å². The first-order valence-electron chi connectivity index (χ1n) is 8.98. The molecule has 3 aromatic rings.